The average Bonchev–Trinajstić information content (AvgIpc) is 3.36. The van der Waals surface area contributed by atoms with Crippen molar-refractivity contribution in [2.24, 2.45) is 0 Å². The van der Waals surface area contributed by atoms with Gasteiger partial charge in [-0.3, -0.25) is 9.59 Å². The number of benzene rings is 2. The van der Waals surface area contributed by atoms with Crippen LogP contribution in [0.1, 0.15) is 41.6 Å². The fraction of sp³-hybridized carbons (Fsp3) is 0.360. The van der Waals surface area contributed by atoms with E-state index in [1.165, 1.54) is 18.1 Å². The Bertz CT molecular complexity index is 1220. The molecule has 2 heterocycles. The zero-order valence-corrected chi connectivity index (χ0v) is 21.9. The van der Waals surface area contributed by atoms with Gasteiger partial charge in [0.1, 0.15) is 12.6 Å². The number of nitrogens with zero attached hydrogens (tertiary/aromatic N) is 4. The zero-order valence-electron chi connectivity index (χ0n) is 19.6. The molecule has 0 N–H and O–H groups in total. The second-order valence-electron chi connectivity index (χ2n) is 8.41. The molecular formula is C25H25Cl3N4O4. The minimum Gasteiger partial charge on any atom is -0.383 e. The Balaban J connectivity index is 1.53. The van der Waals surface area contributed by atoms with Crippen molar-refractivity contribution < 1.29 is 18.8 Å². The predicted octanol–water partition coefficient (Wildman–Crippen LogP) is 5.54. The lowest BCUT2D eigenvalue weighted by atomic mass is 10.0. The van der Waals surface area contributed by atoms with Crippen LogP contribution in [0.5, 0.6) is 0 Å². The van der Waals surface area contributed by atoms with E-state index in [4.69, 9.17) is 44.1 Å². The van der Waals surface area contributed by atoms with E-state index in [9.17, 15) is 9.59 Å². The smallest absolute Gasteiger partial charge is 0.255 e. The van der Waals surface area contributed by atoms with E-state index >= 15 is 0 Å². The van der Waals surface area contributed by atoms with Crippen molar-refractivity contribution in [2.45, 2.75) is 25.3 Å². The molecule has 0 spiro atoms. The van der Waals surface area contributed by atoms with E-state index in [2.05, 4.69) is 10.1 Å². The van der Waals surface area contributed by atoms with Crippen LogP contribution >= 0.6 is 34.8 Å². The summed E-state index contributed by atoms with van der Waals surface area (Å²) in [7, 11) is 1.54. The molecule has 8 nitrogen and oxygen atoms in total. The van der Waals surface area contributed by atoms with Crippen molar-refractivity contribution in [3.63, 3.8) is 0 Å². The van der Waals surface area contributed by atoms with Crippen LogP contribution in [0.25, 0.3) is 11.4 Å². The van der Waals surface area contributed by atoms with Gasteiger partial charge in [0.25, 0.3) is 5.91 Å². The van der Waals surface area contributed by atoms with Crippen LogP contribution < -0.4 is 0 Å². The van der Waals surface area contributed by atoms with Crippen molar-refractivity contribution in [1.82, 2.24) is 19.9 Å². The van der Waals surface area contributed by atoms with E-state index in [1.807, 2.05) is 12.1 Å². The molecule has 36 heavy (non-hydrogen) atoms. The van der Waals surface area contributed by atoms with Gasteiger partial charge in [-0.15, -0.1) is 0 Å². The highest BCUT2D eigenvalue weighted by Crippen LogP contribution is 2.32. The Labute approximate surface area is 224 Å². The third-order valence-electron chi connectivity index (χ3n) is 5.99. The lowest BCUT2D eigenvalue weighted by Crippen LogP contribution is -2.47. The molecule has 2 amide bonds. The first-order chi connectivity index (χ1) is 17.4. The monoisotopic (exact) mass is 550 g/mol. The van der Waals surface area contributed by atoms with Gasteiger partial charge in [-0.05, 0) is 61.7 Å². The van der Waals surface area contributed by atoms with Gasteiger partial charge in [-0.2, -0.15) is 4.98 Å². The maximum absolute atomic E-state index is 13.5. The Hall–Kier alpha value is -2.65. The van der Waals surface area contributed by atoms with Gasteiger partial charge >= 0.3 is 0 Å². The molecule has 0 radical (unpaired) electrons. The molecule has 1 aliphatic rings. The standard InChI is InChI=1S/C25H25Cl3N4O4/c1-35-13-12-31(25(34)19-10-9-18(27)14-20(19)28)15-22(33)32-11-3-2-4-21(32)24-29-23(30-36-24)16-5-7-17(26)8-6-16/h5-10,14,21H,2-4,11-13,15H2,1H3. The molecule has 1 atom stereocenters. The fourth-order valence-electron chi connectivity index (χ4n) is 4.11. The first-order valence-electron chi connectivity index (χ1n) is 11.5. The first kappa shape index (κ1) is 26.4. The molecular weight excluding hydrogens is 527 g/mol. The van der Waals surface area contributed by atoms with Crippen LogP contribution in [0.2, 0.25) is 15.1 Å². The topological polar surface area (TPSA) is 88.8 Å². The first-order valence-corrected chi connectivity index (χ1v) is 12.6. The van der Waals surface area contributed by atoms with Crippen LogP contribution in [-0.4, -0.2) is 65.1 Å². The van der Waals surface area contributed by atoms with Gasteiger partial charge in [0.05, 0.1) is 17.2 Å². The minimum atomic E-state index is -0.377. The molecule has 0 aliphatic carbocycles. The van der Waals surface area contributed by atoms with Gasteiger partial charge in [0.15, 0.2) is 0 Å². The van der Waals surface area contributed by atoms with Gasteiger partial charge in [0.2, 0.25) is 17.6 Å². The fourth-order valence-corrected chi connectivity index (χ4v) is 4.73. The Kier molecular flexibility index (Phi) is 8.85. The van der Waals surface area contributed by atoms with Gasteiger partial charge in [-0.1, -0.05) is 40.0 Å². The number of aromatic nitrogens is 2. The summed E-state index contributed by atoms with van der Waals surface area (Å²) in [6.07, 6.45) is 2.44. The Morgan fingerprint density at radius 1 is 1.11 bits per heavy atom. The van der Waals surface area contributed by atoms with Crippen molar-refractivity contribution >= 4 is 46.6 Å². The SMILES string of the molecule is COCCN(CC(=O)N1CCCCC1c1nc(-c2ccc(Cl)cc2)no1)C(=O)c1ccc(Cl)cc1Cl. The maximum Gasteiger partial charge on any atom is 0.255 e. The molecule has 1 fully saturated rings. The molecule has 1 saturated heterocycles. The van der Waals surface area contributed by atoms with E-state index in [0.29, 0.717) is 34.7 Å². The summed E-state index contributed by atoms with van der Waals surface area (Å²) in [5.41, 5.74) is 1.03. The summed E-state index contributed by atoms with van der Waals surface area (Å²) in [5.74, 6) is 0.191. The number of methoxy groups -OCH3 is 1. The molecule has 4 rings (SSSR count). The summed E-state index contributed by atoms with van der Waals surface area (Å²) in [6.45, 7) is 0.869. The number of carbonyl (C=O) groups excluding carboxylic acids is 2. The van der Waals surface area contributed by atoms with Crippen molar-refractivity contribution in [3.8, 4) is 11.4 Å². The number of hydrogen-bond acceptors (Lipinski definition) is 6. The summed E-state index contributed by atoms with van der Waals surface area (Å²) in [4.78, 5) is 34.4. The maximum atomic E-state index is 13.5. The molecule has 3 aromatic rings. The van der Waals surface area contributed by atoms with Crippen LogP contribution in [0.3, 0.4) is 0 Å². The lowest BCUT2D eigenvalue weighted by Gasteiger charge is -2.35. The number of halogens is 3. The molecule has 190 valence electrons. The van der Waals surface area contributed by atoms with Gasteiger partial charge in [0, 0.05) is 35.8 Å². The van der Waals surface area contributed by atoms with Crippen molar-refractivity contribution in [1.29, 1.82) is 0 Å². The third-order valence-corrected chi connectivity index (χ3v) is 6.79. The Morgan fingerprint density at radius 3 is 2.58 bits per heavy atom. The van der Waals surface area contributed by atoms with Crippen molar-refractivity contribution in [3.05, 3.63) is 69.0 Å². The van der Waals surface area contributed by atoms with Crippen LogP contribution in [0.4, 0.5) is 0 Å². The summed E-state index contributed by atoms with van der Waals surface area (Å²) in [6, 6.07) is 11.4. The minimum absolute atomic E-state index is 0.143. The predicted molar refractivity (Wildman–Crippen MR) is 137 cm³/mol. The number of ether oxygens (including phenoxy) is 1. The molecule has 1 aromatic heterocycles. The third kappa shape index (κ3) is 6.18. The highest BCUT2D eigenvalue weighted by atomic mass is 35.5. The van der Waals surface area contributed by atoms with Crippen LogP contribution in [0, 0.1) is 0 Å². The molecule has 0 saturated carbocycles. The normalized spacial score (nSPS) is 15.7. The number of amides is 2. The number of likely N-dealkylation sites (tertiary alicyclic amines) is 1. The quantitative estimate of drug-likeness (QED) is 0.365. The second kappa shape index (κ2) is 12.1. The number of hydrogen-bond donors (Lipinski definition) is 0. The molecule has 1 unspecified atom stereocenters. The zero-order chi connectivity index (χ0) is 25.7. The highest BCUT2D eigenvalue weighted by molar-refractivity contribution is 6.36. The van der Waals surface area contributed by atoms with E-state index in [0.717, 1.165) is 18.4 Å². The summed E-state index contributed by atoms with van der Waals surface area (Å²) < 4.78 is 10.7. The average molecular weight is 552 g/mol. The largest absolute Gasteiger partial charge is 0.383 e. The van der Waals surface area contributed by atoms with Gasteiger partial charge in [-0.25, -0.2) is 0 Å². The van der Waals surface area contributed by atoms with Crippen molar-refractivity contribution in [2.75, 3.05) is 33.4 Å². The number of rotatable bonds is 8. The van der Waals surface area contributed by atoms with Gasteiger partial charge < -0.3 is 19.1 Å². The molecule has 0 bridgehead atoms. The summed E-state index contributed by atoms with van der Waals surface area (Å²) >= 11 is 18.2. The van der Waals surface area contributed by atoms with Crippen LogP contribution in [0.15, 0.2) is 47.0 Å². The van der Waals surface area contributed by atoms with E-state index in [-0.39, 0.29) is 48.1 Å². The van der Waals surface area contributed by atoms with E-state index < -0.39 is 0 Å². The number of piperidine rings is 1. The summed E-state index contributed by atoms with van der Waals surface area (Å²) in [5, 5.41) is 5.35. The second-order valence-corrected chi connectivity index (χ2v) is 9.69. The molecule has 2 aromatic carbocycles. The number of carbonyl (C=O) groups is 2. The van der Waals surface area contributed by atoms with E-state index in [1.54, 1.807) is 29.2 Å². The molecule has 1 aliphatic heterocycles. The Morgan fingerprint density at radius 2 is 1.86 bits per heavy atom. The lowest BCUT2D eigenvalue weighted by molar-refractivity contribution is -0.136. The van der Waals surface area contributed by atoms with Crippen LogP contribution in [-0.2, 0) is 9.53 Å². The highest BCUT2D eigenvalue weighted by Gasteiger charge is 2.34. The molecule has 11 heteroatoms.